The molecular weight excluding hydrogens is 359 g/mol. The van der Waals surface area contributed by atoms with Crippen molar-refractivity contribution in [3.8, 4) is 5.69 Å². The number of tetrazole rings is 1. The maximum Gasteiger partial charge on any atom is 0.494 e. The predicted molar refractivity (Wildman–Crippen MR) is 100 cm³/mol. The number of rotatable bonds is 3. The van der Waals surface area contributed by atoms with Crippen LogP contribution in [0.1, 0.15) is 44.0 Å². The first-order valence-electron chi connectivity index (χ1n) is 9.63. The Balaban J connectivity index is 1.52. The van der Waals surface area contributed by atoms with Crippen LogP contribution in [0.2, 0.25) is 0 Å². The summed E-state index contributed by atoms with van der Waals surface area (Å²) in [5, 5.41) is 11.3. The molecule has 2 bridgehead atoms. The summed E-state index contributed by atoms with van der Waals surface area (Å²) in [4.78, 5) is 12.2. The second-order valence-corrected chi connectivity index (χ2v) is 8.86. The molecule has 0 unspecified atom stereocenters. The van der Waals surface area contributed by atoms with Crippen LogP contribution in [0.4, 0.5) is 0 Å². The zero-order chi connectivity index (χ0) is 19.7. The number of esters is 1. The van der Waals surface area contributed by atoms with Crippen LogP contribution in [-0.4, -0.2) is 52.1 Å². The summed E-state index contributed by atoms with van der Waals surface area (Å²) in [7, 11) is 0.823. The molecule has 2 heterocycles. The largest absolute Gasteiger partial charge is 0.494 e. The first-order valence-corrected chi connectivity index (χ1v) is 9.63. The molecule has 0 radical (unpaired) electrons. The van der Waals surface area contributed by atoms with Crippen molar-refractivity contribution < 1.29 is 18.8 Å². The standard InChI is InChI=1S/C19H23BN4O4/c1-18(2)12-7-15(18)19(3)16(8-12)27-20(28-19)13-5-11(17(25)26-4)6-14(9-13)24-10-21-22-23-24/h5-6,9-10,12,15-16H,7-8H2,1-4H3/t12-,15-,16+,19-/m0/s1. The molecule has 1 saturated heterocycles. The van der Waals surface area contributed by atoms with Crippen LogP contribution in [-0.2, 0) is 14.0 Å². The normalized spacial score (nSPS) is 32.6. The van der Waals surface area contributed by atoms with E-state index in [4.69, 9.17) is 14.0 Å². The number of carbonyl (C=O) groups is 1. The third kappa shape index (κ3) is 2.39. The van der Waals surface area contributed by atoms with Gasteiger partial charge in [0.2, 0.25) is 0 Å². The van der Waals surface area contributed by atoms with Gasteiger partial charge in [-0.1, -0.05) is 13.8 Å². The highest BCUT2D eigenvalue weighted by molar-refractivity contribution is 6.62. The monoisotopic (exact) mass is 382 g/mol. The third-order valence-electron chi connectivity index (χ3n) is 7.20. The van der Waals surface area contributed by atoms with Crippen LogP contribution in [0.15, 0.2) is 24.5 Å². The van der Waals surface area contributed by atoms with Gasteiger partial charge in [0.15, 0.2) is 0 Å². The summed E-state index contributed by atoms with van der Waals surface area (Å²) in [5.74, 6) is 0.717. The van der Waals surface area contributed by atoms with Gasteiger partial charge in [0.25, 0.3) is 0 Å². The Hall–Kier alpha value is -2.26. The highest BCUT2D eigenvalue weighted by Gasteiger charge is 2.68. The van der Waals surface area contributed by atoms with Gasteiger partial charge in [-0.2, -0.15) is 0 Å². The van der Waals surface area contributed by atoms with E-state index in [0.717, 1.165) is 11.9 Å². The molecule has 3 saturated carbocycles. The topological polar surface area (TPSA) is 88.4 Å². The number of ether oxygens (including phenoxy) is 1. The summed E-state index contributed by atoms with van der Waals surface area (Å²) >= 11 is 0. The van der Waals surface area contributed by atoms with Gasteiger partial charge in [0.1, 0.15) is 6.33 Å². The fraction of sp³-hybridized carbons (Fsp3) is 0.579. The Morgan fingerprint density at radius 3 is 2.79 bits per heavy atom. The lowest BCUT2D eigenvalue weighted by molar-refractivity contribution is -0.199. The molecule has 146 valence electrons. The van der Waals surface area contributed by atoms with Gasteiger partial charge in [-0.05, 0) is 71.1 Å². The Morgan fingerprint density at radius 2 is 2.11 bits per heavy atom. The molecule has 2 aromatic rings. The summed E-state index contributed by atoms with van der Waals surface area (Å²) in [5.41, 5.74) is 1.77. The summed E-state index contributed by atoms with van der Waals surface area (Å²) in [6.07, 6.45) is 3.74. The lowest BCUT2D eigenvalue weighted by atomic mass is 9.43. The van der Waals surface area contributed by atoms with Gasteiger partial charge < -0.3 is 14.0 Å². The molecule has 28 heavy (non-hydrogen) atoms. The fourth-order valence-electron chi connectivity index (χ4n) is 5.43. The summed E-state index contributed by atoms with van der Waals surface area (Å²) in [6.45, 7) is 6.83. The molecule has 1 aromatic carbocycles. The molecule has 1 aliphatic heterocycles. The van der Waals surface area contributed by atoms with Gasteiger partial charge in [-0.25, -0.2) is 9.48 Å². The maximum absolute atomic E-state index is 12.2. The minimum Gasteiger partial charge on any atom is -0.465 e. The molecule has 8 nitrogen and oxygen atoms in total. The Kier molecular flexibility index (Phi) is 3.74. The van der Waals surface area contributed by atoms with Crippen LogP contribution in [0.3, 0.4) is 0 Å². The second-order valence-electron chi connectivity index (χ2n) is 8.86. The van der Waals surface area contributed by atoms with Crippen LogP contribution in [0.5, 0.6) is 0 Å². The number of methoxy groups -OCH3 is 1. The maximum atomic E-state index is 12.2. The first-order chi connectivity index (χ1) is 13.3. The number of hydrogen-bond donors (Lipinski definition) is 0. The minimum atomic E-state index is -0.537. The van der Waals surface area contributed by atoms with E-state index < -0.39 is 13.1 Å². The van der Waals surface area contributed by atoms with E-state index in [1.165, 1.54) is 24.5 Å². The molecule has 3 aliphatic carbocycles. The van der Waals surface area contributed by atoms with Crippen molar-refractivity contribution in [2.45, 2.75) is 45.3 Å². The molecule has 1 aromatic heterocycles. The van der Waals surface area contributed by atoms with E-state index in [1.54, 1.807) is 12.1 Å². The molecule has 9 heteroatoms. The van der Waals surface area contributed by atoms with Crippen molar-refractivity contribution in [2.75, 3.05) is 7.11 Å². The summed E-state index contributed by atoms with van der Waals surface area (Å²) < 4.78 is 19.3. The fourth-order valence-corrected chi connectivity index (χ4v) is 5.43. The molecule has 4 fully saturated rings. The number of benzene rings is 1. The molecule has 4 aliphatic rings. The van der Waals surface area contributed by atoms with Crippen molar-refractivity contribution >= 4 is 18.6 Å². The SMILES string of the molecule is COC(=O)c1cc(B2O[C@@H]3C[C@@H]4C[C@@H](C4(C)C)[C@]3(C)O2)cc(-n2cnnn2)c1. The van der Waals surface area contributed by atoms with E-state index in [-0.39, 0.29) is 17.1 Å². The predicted octanol–water partition coefficient (Wildman–Crippen LogP) is 1.38. The average molecular weight is 382 g/mol. The van der Waals surface area contributed by atoms with Crippen molar-refractivity contribution in [1.29, 1.82) is 0 Å². The second kappa shape index (κ2) is 5.87. The van der Waals surface area contributed by atoms with Gasteiger partial charge >= 0.3 is 13.1 Å². The average Bonchev–Trinajstić information content (AvgIpc) is 3.33. The van der Waals surface area contributed by atoms with E-state index in [1.807, 2.05) is 6.07 Å². The van der Waals surface area contributed by atoms with Crippen LogP contribution in [0.25, 0.3) is 5.69 Å². The lowest BCUT2D eigenvalue weighted by Crippen LogP contribution is -2.65. The minimum absolute atomic E-state index is 0.0625. The van der Waals surface area contributed by atoms with E-state index >= 15 is 0 Å². The van der Waals surface area contributed by atoms with Gasteiger partial charge in [-0.15, -0.1) is 5.10 Å². The number of carbonyl (C=O) groups excluding carboxylic acids is 1. The zero-order valence-corrected chi connectivity index (χ0v) is 16.5. The number of aromatic nitrogens is 4. The Morgan fingerprint density at radius 1 is 1.29 bits per heavy atom. The van der Waals surface area contributed by atoms with E-state index in [0.29, 0.717) is 23.1 Å². The molecule has 4 atom stereocenters. The summed E-state index contributed by atoms with van der Waals surface area (Å²) in [6, 6.07) is 5.35. The Labute approximate surface area is 163 Å². The van der Waals surface area contributed by atoms with E-state index in [9.17, 15) is 4.79 Å². The van der Waals surface area contributed by atoms with Crippen LogP contribution >= 0.6 is 0 Å². The Bertz CT molecular complexity index is 934. The van der Waals surface area contributed by atoms with Crippen LogP contribution < -0.4 is 5.46 Å². The zero-order valence-electron chi connectivity index (χ0n) is 16.5. The van der Waals surface area contributed by atoms with Gasteiger partial charge in [0, 0.05) is 0 Å². The molecular formula is C19H23BN4O4. The highest BCUT2D eigenvalue weighted by atomic mass is 16.7. The van der Waals surface area contributed by atoms with Gasteiger partial charge in [-0.3, -0.25) is 0 Å². The quantitative estimate of drug-likeness (QED) is 0.585. The molecule has 0 spiro atoms. The van der Waals surface area contributed by atoms with Gasteiger partial charge in [0.05, 0.1) is 30.1 Å². The third-order valence-corrected chi connectivity index (χ3v) is 7.20. The van der Waals surface area contributed by atoms with Crippen molar-refractivity contribution in [2.24, 2.45) is 17.3 Å². The van der Waals surface area contributed by atoms with Crippen molar-refractivity contribution in [3.63, 3.8) is 0 Å². The first kappa shape index (κ1) is 17.8. The highest BCUT2D eigenvalue weighted by Crippen LogP contribution is 2.65. The molecule has 6 rings (SSSR count). The van der Waals surface area contributed by atoms with E-state index in [2.05, 4.69) is 36.3 Å². The molecule has 0 N–H and O–H groups in total. The van der Waals surface area contributed by atoms with Crippen molar-refractivity contribution in [1.82, 2.24) is 20.2 Å². The number of nitrogens with zero attached hydrogens (tertiary/aromatic N) is 4. The molecule has 0 amide bonds. The lowest BCUT2D eigenvalue weighted by Gasteiger charge is -2.64. The number of hydrogen-bond acceptors (Lipinski definition) is 7. The van der Waals surface area contributed by atoms with Crippen LogP contribution in [0, 0.1) is 17.3 Å². The smallest absolute Gasteiger partial charge is 0.465 e. The van der Waals surface area contributed by atoms with Crippen molar-refractivity contribution in [3.05, 3.63) is 30.1 Å².